The second kappa shape index (κ2) is 3.48. The first kappa shape index (κ1) is 8.73. The maximum Gasteiger partial charge on any atom is 0.255 e. The maximum absolute atomic E-state index is 11.4. The molecule has 0 aliphatic heterocycles. The molecule has 0 saturated heterocycles. The van der Waals surface area contributed by atoms with Gasteiger partial charge in [-0.3, -0.25) is 9.36 Å². The second-order valence-corrected chi connectivity index (χ2v) is 3.72. The van der Waals surface area contributed by atoms with Crippen molar-refractivity contribution >= 4 is 11.3 Å². The first-order valence-electron chi connectivity index (χ1n) is 3.99. The monoisotopic (exact) mass is 202 g/mol. The van der Waals surface area contributed by atoms with Gasteiger partial charge in [0.2, 0.25) is 0 Å². The van der Waals surface area contributed by atoms with Crippen LogP contribution in [0.25, 0.3) is 5.00 Å². The van der Waals surface area contributed by atoms with E-state index in [1.165, 1.54) is 22.0 Å². The van der Waals surface area contributed by atoms with Crippen LogP contribution in [0.15, 0.2) is 41.3 Å². The number of pyridine rings is 1. The van der Waals surface area contributed by atoms with Gasteiger partial charge >= 0.3 is 0 Å². The molecule has 0 spiro atoms. The summed E-state index contributed by atoms with van der Waals surface area (Å²) in [5, 5.41) is 9.41. The Morgan fingerprint density at radius 2 is 2.14 bits per heavy atom. The number of rotatable bonds is 1. The Labute approximate surface area is 84.5 Å². The Morgan fingerprint density at radius 1 is 1.29 bits per heavy atom. The van der Waals surface area contributed by atoms with Gasteiger partial charge in [0.15, 0.2) is 0 Å². The zero-order valence-corrected chi connectivity index (χ0v) is 7.99. The lowest BCUT2D eigenvalue weighted by molar-refractivity contribution is 1.01. The molecule has 0 fully saturated rings. The summed E-state index contributed by atoms with van der Waals surface area (Å²) in [5.74, 6) is 0. The SMILES string of the molecule is N#Cc1ccc(-n2ccccc2=O)s1. The molecule has 2 aromatic heterocycles. The summed E-state index contributed by atoms with van der Waals surface area (Å²) in [6.45, 7) is 0. The van der Waals surface area contributed by atoms with Crippen molar-refractivity contribution in [2.45, 2.75) is 0 Å². The van der Waals surface area contributed by atoms with Crippen molar-refractivity contribution in [3.63, 3.8) is 0 Å². The van der Waals surface area contributed by atoms with E-state index in [-0.39, 0.29) is 5.56 Å². The molecule has 4 heteroatoms. The molecule has 0 amide bonds. The molecule has 0 bridgehead atoms. The third kappa shape index (κ3) is 1.45. The molecule has 0 unspecified atom stereocenters. The van der Waals surface area contributed by atoms with Crippen LogP contribution < -0.4 is 5.56 Å². The Bertz CT molecular complexity index is 547. The maximum atomic E-state index is 11.4. The Balaban J connectivity index is 2.56. The molecule has 0 saturated carbocycles. The van der Waals surface area contributed by atoms with Gasteiger partial charge < -0.3 is 0 Å². The van der Waals surface area contributed by atoms with Crippen molar-refractivity contribution in [3.05, 3.63) is 51.8 Å². The summed E-state index contributed by atoms with van der Waals surface area (Å²) in [6, 6.07) is 10.5. The zero-order chi connectivity index (χ0) is 9.97. The van der Waals surface area contributed by atoms with Gasteiger partial charge in [-0.05, 0) is 18.2 Å². The van der Waals surface area contributed by atoms with Crippen molar-refractivity contribution < 1.29 is 0 Å². The van der Waals surface area contributed by atoms with Crippen molar-refractivity contribution in [3.8, 4) is 11.1 Å². The largest absolute Gasteiger partial charge is 0.275 e. The fraction of sp³-hybridized carbons (Fsp3) is 0. The van der Waals surface area contributed by atoms with Gasteiger partial charge in [0.25, 0.3) is 5.56 Å². The van der Waals surface area contributed by atoms with Crippen LogP contribution in [0.5, 0.6) is 0 Å². The molecule has 0 N–H and O–H groups in total. The number of hydrogen-bond donors (Lipinski definition) is 0. The van der Waals surface area contributed by atoms with Crippen molar-refractivity contribution in [1.82, 2.24) is 4.57 Å². The van der Waals surface area contributed by atoms with Gasteiger partial charge in [0, 0.05) is 12.3 Å². The summed E-state index contributed by atoms with van der Waals surface area (Å²) in [5.41, 5.74) is -0.0844. The molecule has 2 aromatic rings. The topological polar surface area (TPSA) is 45.8 Å². The number of aromatic nitrogens is 1. The van der Waals surface area contributed by atoms with Gasteiger partial charge in [-0.2, -0.15) is 5.26 Å². The zero-order valence-electron chi connectivity index (χ0n) is 7.18. The minimum Gasteiger partial charge on any atom is -0.275 e. The van der Waals surface area contributed by atoms with E-state index >= 15 is 0 Å². The van der Waals surface area contributed by atoms with Crippen LogP contribution >= 0.6 is 11.3 Å². The van der Waals surface area contributed by atoms with E-state index in [1.807, 2.05) is 6.07 Å². The van der Waals surface area contributed by atoms with Crippen LogP contribution in [-0.2, 0) is 0 Å². The van der Waals surface area contributed by atoms with E-state index in [4.69, 9.17) is 5.26 Å². The summed E-state index contributed by atoms with van der Waals surface area (Å²) >= 11 is 1.30. The molecule has 0 aliphatic rings. The summed E-state index contributed by atoms with van der Waals surface area (Å²) in [4.78, 5) is 12.0. The lowest BCUT2D eigenvalue weighted by atomic mass is 10.4. The van der Waals surface area contributed by atoms with Gasteiger partial charge in [0.1, 0.15) is 15.9 Å². The molecule has 0 atom stereocenters. The van der Waals surface area contributed by atoms with Gasteiger partial charge in [-0.1, -0.05) is 6.07 Å². The van der Waals surface area contributed by atoms with Crippen LogP contribution in [0.3, 0.4) is 0 Å². The van der Waals surface area contributed by atoms with Crippen molar-refractivity contribution in [1.29, 1.82) is 5.26 Å². The quantitative estimate of drug-likeness (QED) is 0.707. The molecule has 0 aliphatic carbocycles. The molecule has 2 rings (SSSR count). The normalized spacial score (nSPS) is 9.64. The lowest BCUT2D eigenvalue weighted by Gasteiger charge is -1.98. The Hall–Kier alpha value is -1.86. The predicted molar refractivity (Wildman–Crippen MR) is 54.6 cm³/mol. The standard InChI is InChI=1S/C10H6N2OS/c11-7-8-4-5-10(14-8)12-6-2-1-3-9(12)13/h1-6H. The molecule has 14 heavy (non-hydrogen) atoms. The molecule has 0 radical (unpaired) electrons. The Morgan fingerprint density at radius 3 is 2.79 bits per heavy atom. The van der Waals surface area contributed by atoms with Gasteiger partial charge in [-0.15, -0.1) is 11.3 Å². The molecule has 0 aromatic carbocycles. The Kier molecular flexibility index (Phi) is 2.17. The third-order valence-corrected chi connectivity index (χ3v) is 2.75. The first-order chi connectivity index (χ1) is 6.81. The molecule has 3 nitrogen and oxygen atoms in total. The van der Waals surface area contributed by atoms with Crippen LogP contribution in [0.1, 0.15) is 4.88 Å². The summed E-state index contributed by atoms with van der Waals surface area (Å²) in [6.07, 6.45) is 1.69. The highest BCUT2D eigenvalue weighted by Crippen LogP contribution is 2.17. The average molecular weight is 202 g/mol. The van der Waals surface area contributed by atoms with E-state index in [1.54, 1.807) is 30.5 Å². The van der Waals surface area contributed by atoms with Crippen molar-refractivity contribution in [2.75, 3.05) is 0 Å². The summed E-state index contributed by atoms with van der Waals surface area (Å²) < 4.78 is 1.52. The van der Waals surface area contributed by atoms with Crippen LogP contribution in [0, 0.1) is 11.3 Å². The first-order valence-corrected chi connectivity index (χ1v) is 4.81. The van der Waals surface area contributed by atoms with Gasteiger partial charge in [0.05, 0.1) is 0 Å². The number of thiophene rings is 1. The van der Waals surface area contributed by atoms with E-state index in [0.717, 1.165) is 5.00 Å². The fourth-order valence-electron chi connectivity index (χ4n) is 1.13. The number of hydrogen-bond acceptors (Lipinski definition) is 3. The molecule has 68 valence electrons. The predicted octanol–water partition coefficient (Wildman–Crippen LogP) is 1.77. The van der Waals surface area contributed by atoms with Crippen LogP contribution in [-0.4, -0.2) is 4.57 Å². The lowest BCUT2D eigenvalue weighted by Crippen LogP contribution is -2.13. The van der Waals surface area contributed by atoms with E-state index in [0.29, 0.717) is 4.88 Å². The number of nitriles is 1. The third-order valence-electron chi connectivity index (χ3n) is 1.76. The fourth-order valence-corrected chi connectivity index (χ4v) is 1.92. The second-order valence-electron chi connectivity index (χ2n) is 2.66. The minimum absolute atomic E-state index is 0.0844. The smallest absolute Gasteiger partial charge is 0.255 e. The molecular weight excluding hydrogens is 196 g/mol. The van der Waals surface area contributed by atoms with Crippen LogP contribution in [0.2, 0.25) is 0 Å². The average Bonchev–Trinajstić information content (AvgIpc) is 2.67. The highest BCUT2D eigenvalue weighted by Gasteiger charge is 2.01. The summed E-state index contributed by atoms with van der Waals surface area (Å²) in [7, 11) is 0. The van der Waals surface area contributed by atoms with Crippen LogP contribution in [0.4, 0.5) is 0 Å². The molecular formula is C10H6N2OS. The van der Waals surface area contributed by atoms with E-state index in [2.05, 4.69) is 0 Å². The van der Waals surface area contributed by atoms with E-state index < -0.39 is 0 Å². The minimum atomic E-state index is -0.0844. The van der Waals surface area contributed by atoms with E-state index in [9.17, 15) is 4.79 Å². The van der Waals surface area contributed by atoms with Crippen molar-refractivity contribution in [2.24, 2.45) is 0 Å². The van der Waals surface area contributed by atoms with Gasteiger partial charge in [-0.25, -0.2) is 0 Å². The number of nitrogens with zero attached hydrogens (tertiary/aromatic N) is 2. The molecule has 2 heterocycles. The highest BCUT2D eigenvalue weighted by atomic mass is 32.1. The highest BCUT2D eigenvalue weighted by molar-refractivity contribution is 7.15.